The van der Waals surface area contributed by atoms with E-state index in [4.69, 9.17) is 9.47 Å². The lowest BCUT2D eigenvalue weighted by Gasteiger charge is -2.21. The molecule has 172 valence electrons. The zero-order chi connectivity index (χ0) is 23.6. The van der Waals surface area contributed by atoms with E-state index in [2.05, 4.69) is 55.1 Å². The maximum absolute atomic E-state index is 12.1. The summed E-state index contributed by atoms with van der Waals surface area (Å²) in [6.07, 6.45) is 2.26. The van der Waals surface area contributed by atoms with Crippen LogP contribution in [0.3, 0.4) is 0 Å². The van der Waals surface area contributed by atoms with Gasteiger partial charge in [-0.1, -0.05) is 58.9 Å². The van der Waals surface area contributed by atoms with E-state index >= 15 is 0 Å². The van der Waals surface area contributed by atoms with E-state index in [0.717, 1.165) is 28.1 Å². The van der Waals surface area contributed by atoms with Crippen molar-refractivity contribution in [3.05, 3.63) is 52.3 Å². The normalized spacial score (nSPS) is 16.2. The molecule has 1 aliphatic heterocycles. The summed E-state index contributed by atoms with van der Waals surface area (Å²) in [5.74, 6) is 0.612. The highest BCUT2D eigenvalue weighted by Gasteiger charge is 2.30. The number of aromatic nitrogens is 2. The zero-order valence-corrected chi connectivity index (χ0v) is 20.5. The Kier molecular flexibility index (Phi) is 6.91. The quantitative estimate of drug-likeness (QED) is 0.323. The maximum atomic E-state index is 12.1. The number of carbonyl (C=O) groups excluding carboxylic acids is 1. The molecule has 3 rings (SSSR count). The molecule has 1 unspecified atom stereocenters. The number of carbonyl (C=O) groups is 1. The smallest absolute Gasteiger partial charge is 0.308 e. The first kappa shape index (κ1) is 23.8. The molecule has 0 saturated carbocycles. The Hall–Kier alpha value is -2.89. The van der Waals surface area contributed by atoms with Crippen LogP contribution in [0.15, 0.2) is 29.3 Å². The molecule has 1 aliphatic rings. The SMILES string of the molecule is Cc1nn(C)c(/C(OCOC(=O)CC(C)C)=C(/c2ccc(C(C)(C)C)cc2)C2C=N2)c1C. The molecule has 2 heterocycles. The maximum Gasteiger partial charge on any atom is 0.308 e. The summed E-state index contributed by atoms with van der Waals surface area (Å²) < 4.78 is 13.4. The minimum absolute atomic E-state index is 0.0635. The Labute approximate surface area is 191 Å². The van der Waals surface area contributed by atoms with Gasteiger partial charge in [-0.25, -0.2) is 0 Å². The fourth-order valence-electron chi connectivity index (χ4n) is 3.68. The highest BCUT2D eigenvalue weighted by atomic mass is 16.7. The van der Waals surface area contributed by atoms with Gasteiger partial charge < -0.3 is 9.47 Å². The molecular formula is C26H35N3O3. The fraction of sp³-hybridized carbons (Fsp3) is 0.500. The Morgan fingerprint density at radius 3 is 2.22 bits per heavy atom. The van der Waals surface area contributed by atoms with E-state index < -0.39 is 0 Å². The summed E-state index contributed by atoms with van der Waals surface area (Å²) in [4.78, 5) is 16.5. The van der Waals surface area contributed by atoms with Gasteiger partial charge in [0, 0.05) is 30.8 Å². The predicted molar refractivity (Wildman–Crippen MR) is 128 cm³/mol. The molecule has 0 radical (unpaired) electrons. The first-order valence-corrected chi connectivity index (χ1v) is 11.2. The van der Waals surface area contributed by atoms with Crippen LogP contribution >= 0.6 is 0 Å². The van der Waals surface area contributed by atoms with Crippen LogP contribution in [-0.4, -0.2) is 34.8 Å². The highest BCUT2D eigenvalue weighted by molar-refractivity contribution is 6.04. The predicted octanol–water partition coefficient (Wildman–Crippen LogP) is 5.22. The van der Waals surface area contributed by atoms with Gasteiger partial charge in [-0.2, -0.15) is 5.10 Å². The van der Waals surface area contributed by atoms with Crippen LogP contribution in [-0.2, 0) is 26.7 Å². The Morgan fingerprint density at radius 2 is 1.75 bits per heavy atom. The van der Waals surface area contributed by atoms with Crippen molar-refractivity contribution in [1.29, 1.82) is 0 Å². The molecule has 6 nitrogen and oxygen atoms in total. The lowest BCUT2D eigenvalue weighted by molar-refractivity contribution is -0.152. The first-order valence-electron chi connectivity index (χ1n) is 11.2. The number of nitrogens with zero attached hydrogens (tertiary/aromatic N) is 3. The van der Waals surface area contributed by atoms with Gasteiger partial charge in [-0.15, -0.1) is 0 Å². The number of hydrogen-bond donors (Lipinski definition) is 0. The number of ether oxygens (including phenoxy) is 2. The van der Waals surface area contributed by atoms with E-state index in [1.807, 2.05) is 45.6 Å². The van der Waals surface area contributed by atoms with Crippen molar-refractivity contribution in [3.63, 3.8) is 0 Å². The van der Waals surface area contributed by atoms with Gasteiger partial charge in [0.15, 0.2) is 5.76 Å². The molecule has 0 amide bonds. The third kappa shape index (κ3) is 5.47. The molecule has 0 spiro atoms. The van der Waals surface area contributed by atoms with Crippen LogP contribution in [0.2, 0.25) is 0 Å². The molecule has 32 heavy (non-hydrogen) atoms. The number of aryl methyl sites for hydroxylation is 2. The van der Waals surface area contributed by atoms with Crippen molar-refractivity contribution in [2.45, 2.75) is 66.3 Å². The molecule has 1 aromatic carbocycles. The molecule has 0 saturated heterocycles. The Balaban J connectivity index is 2.03. The van der Waals surface area contributed by atoms with Crippen molar-refractivity contribution < 1.29 is 14.3 Å². The molecule has 2 aromatic rings. The monoisotopic (exact) mass is 437 g/mol. The Morgan fingerprint density at radius 1 is 1.12 bits per heavy atom. The summed E-state index contributed by atoms with van der Waals surface area (Å²) in [5, 5.41) is 4.57. The summed E-state index contributed by atoms with van der Waals surface area (Å²) in [6.45, 7) is 14.4. The summed E-state index contributed by atoms with van der Waals surface area (Å²) >= 11 is 0. The van der Waals surface area contributed by atoms with Gasteiger partial charge in [0.05, 0.1) is 5.69 Å². The molecule has 0 bridgehead atoms. The fourth-order valence-corrected chi connectivity index (χ4v) is 3.68. The molecule has 1 atom stereocenters. The largest absolute Gasteiger partial charge is 0.455 e. The topological polar surface area (TPSA) is 65.7 Å². The Bertz CT molecular complexity index is 1030. The van der Waals surface area contributed by atoms with Gasteiger partial charge in [0.2, 0.25) is 6.79 Å². The van der Waals surface area contributed by atoms with Crippen LogP contribution in [0, 0.1) is 19.8 Å². The summed E-state index contributed by atoms with van der Waals surface area (Å²) in [5.41, 5.74) is 6.14. The van der Waals surface area contributed by atoms with Crippen LogP contribution in [0.1, 0.15) is 69.1 Å². The van der Waals surface area contributed by atoms with Gasteiger partial charge in [0.25, 0.3) is 0 Å². The average molecular weight is 438 g/mol. The third-order valence-electron chi connectivity index (χ3n) is 5.64. The summed E-state index contributed by atoms with van der Waals surface area (Å²) in [7, 11) is 1.90. The lowest BCUT2D eigenvalue weighted by Crippen LogP contribution is -2.14. The summed E-state index contributed by atoms with van der Waals surface area (Å²) in [6, 6.07) is 8.47. The average Bonchev–Trinajstić information content (AvgIpc) is 3.48. The number of aliphatic imine (C=N–C) groups is 1. The second kappa shape index (κ2) is 9.31. The van der Waals surface area contributed by atoms with E-state index in [9.17, 15) is 4.79 Å². The third-order valence-corrected chi connectivity index (χ3v) is 5.64. The van der Waals surface area contributed by atoms with E-state index in [-0.39, 0.29) is 30.1 Å². The van der Waals surface area contributed by atoms with E-state index in [1.165, 1.54) is 5.56 Å². The standard InChI is InChI=1S/C26H35N3O3/c1-16(2)13-22(30)31-15-32-25(24-17(3)18(4)28-29(24)8)23(21-14-27-21)19-9-11-20(12-10-19)26(5,6)7/h9-12,14,16,21H,13,15H2,1-8H3/b25-23+. The van der Waals surface area contributed by atoms with Crippen LogP contribution in [0.5, 0.6) is 0 Å². The minimum atomic E-state index is -0.268. The number of hydrogen-bond acceptors (Lipinski definition) is 5. The molecule has 0 aliphatic carbocycles. The zero-order valence-electron chi connectivity index (χ0n) is 20.5. The number of benzene rings is 1. The van der Waals surface area contributed by atoms with Gasteiger partial charge >= 0.3 is 5.97 Å². The van der Waals surface area contributed by atoms with Crippen molar-refractivity contribution in [2.24, 2.45) is 18.0 Å². The molecular weight excluding hydrogens is 402 g/mol. The van der Waals surface area contributed by atoms with Crippen molar-refractivity contribution >= 4 is 23.5 Å². The highest BCUT2D eigenvalue weighted by Crippen LogP contribution is 2.37. The second-order valence-electron chi connectivity index (χ2n) is 9.87. The molecule has 1 aromatic heterocycles. The van der Waals surface area contributed by atoms with Gasteiger partial charge in [-0.05, 0) is 36.3 Å². The molecule has 6 heteroatoms. The van der Waals surface area contributed by atoms with Gasteiger partial charge in [-0.3, -0.25) is 14.5 Å². The minimum Gasteiger partial charge on any atom is -0.455 e. The second-order valence-corrected chi connectivity index (χ2v) is 9.87. The number of esters is 1. The van der Waals surface area contributed by atoms with Crippen LogP contribution < -0.4 is 0 Å². The van der Waals surface area contributed by atoms with Crippen molar-refractivity contribution in [1.82, 2.24) is 9.78 Å². The molecule has 0 N–H and O–H groups in total. The van der Waals surface area contributed by atoms with E-state index in [0.29, 0.717) is 12.2 Å². The van der Waals surface area contributed by atoms with Gasteiger partial charge in [0.1, 0.15) is 11.7 Å². The van der Waals surface area contributed by atoms with Crippen molar-refractivity contribution in [3.8, 4) is 0 Å². The van der Waals surface area contributed by atoms with Crippen LogP contribution in [0.25, 0.3) is 11.3 Å². The first-order chi connectivity index (χ1) is 15.0. The number of rotatable bonds is 8. The van der Waals surface area contributed by atoms with Crippen molar-refractivity contribution in [2.75, 3.05) is 6.79 Å². The molecule has 0 fully saturated rings. The van der Waals surface area contributed by atoms with Crippen LogP contribution in [0.4, 0.5) is 0 Å². The lowest BCUT2D eigenvalue weighted by atomic mass is 9.85. The van der Waals surface area contributed by atoms with E-state index in [1.54, 1.807) is 0 Å².